The predicted molar refractivity (Wildman–Crippen MR) is 185 cm³/mol. The molecule has 0 N–H and O–H groups in total. The third-order valence-corrected chi connectivity index (χ3v) is 10.7. The molecular formula is C37H25N3PS+. The Bertz CT molecular complexity index is 2550. The van der Waals surface area contributed by atoms with E-state index in [4.69, 9.17) is 4.98 Å². The summed E-state index contributed by atoms with van der Waals surface area (Å²) in [6.45, 7) is 2.24. The van der Waals surface area contributed by atoms with E-state index in [2.05, 4.69) is 143 Å². The van der Waals surface area contributed by atoms with Crippen LogP contribution in [0.15, 0.2) is 121 Å². The molecule has 198 valence electrons. The van der Waals surface area contributed by atoms with Gasteiger partial charge in [-0.05, 0) is 24.3 Å². The van der Waals surface area contributed by atoms with Crippen LogP contribution in [0.5, 0.6) is 0 Å². The minimum atomic E-state index is -0.694. The molecule has 0 saturated heterocycles. The monoisotopic (exact) mass is 574 g/mol. The fourth-order valence-electron chi connectivity index (χ4n) is 6.69. The fraction of sp³-hybridized carbons (Fsp3) is 0.0270. The summed E-state index contributed by atoms with van der Waals surface area (Å²) in [6.07, 6.45) is 4.57. The van der Waals surface area contributed by atoms with Gasteiger partial charge in [-0.3, -0.25) is 4.57 Å². The molecule has 5 heteroatoms. The number of fused-ring (bicyclic) bond motifs is 10. The van der Waals surface area contributed by atoms with Crippen LogP contribution < -0.4 is 0 Å². The van der Waals surface area contributed by atoms with Gasteiger partial charge in [0.05, 0.1) is 33.2 Å². The van der Waals surface area contributed by atoms with Crippen molar-refractivity contribution in [3.8, 4) is 17.1 Å². The first-order valence-electron chi connectivity index (χ1n) is 14.1. The predicted octanol–water partition coefficient (Wildman–Crippen LogP) is 10.6. The maximum absolute atomic E-state index is 5.50. The van der Waals surface area contributed by atoms with Crippen LogP contribution in [0.3, 0.4) is 0 Å². The highest BCUT2D eigenvalue weighted by molar-refractivity contribution is 7.53. The van der Waals surface area contributed by atoms with Crippen molar-refractivity contribution in [2.45, 2.75) is 0 Å². The highest BCUT2D eigenvalue weighted by Crippen LogP contribution is 2.45. The minimum absolute atomic E-state index is 0.694. The molecule has 1 unspecified atom stereocenters. The van der Waals surface area contributed by atoms with Crippen molar-refractivity contribution in [3.63, 3.8) is 0 Å². The van der Waals surface area contributed by atoms with E-state index in [0.29, 0.717) is 0 Å². The zero-order valence-corrected chi connectivity index (χ0v) is 24.7. The normalized spacial score (nSPS) is 12.5. The number of pyridine rings is 1. The van der Waals surface area contributed by atoms with Crippen LogP contribution in [-0.4, -0.2) is 26.9 Å². The van der Waals surface area contributed by atoms with Gasteiger partial charge < -0.3 is 0 Å². The van der Waals surface area contributed by atoms with E-state index in [1.807, 2.05) is 11.3 Å². The Kier molecular flexibility index (Phi) is 5.05. The molecule has 0 radical (unpaired) electrons. The van der Waals surface area contributed by atoms with Crippen LogP contribution in [0.25, 0.3) is 80.9 Å². The van der Waals surface area contributed by atoms with Gasteiger partial charge >= 0.3 is 0 Å². The van der Waals surface area contributed by atoms with Crippen molar-refractivity contribution in [1.29, 1.82) is 0 Å². The summed E-state index contributed by atoms with van der Waals surface area (Å²) in [5.74, 6) is 0.935. The number of rotatable bonds is 3. The summed E-state index contributed by atoms with van der Waals surface area (Å²) in [5, 5.41) is 7.50. The summed E-state index contributed by atoms with van der Waals surface area (Å²) in [6, 6.07) is 43.7. The first kappa shape index (κ1) is 23.9. The highest BCUT2D eigenvalue weighted by Gasteiger charge is 2.25. The van der Waals surface area contributed by atoms with Crippen LogP contribution in [0.4, 0.5) is 0 Å². The molecule has 42 heavy (non-hydrogen) atoms. The second-order valence-corrected chi connectivity index (χ2v) is 13.6. The first-order chi connectivity index (χ1) is 20.7. The van der Waals surface area contributed by atoms with Crippen molar-refractivity contribution in [1.82, 2.24) is 13.9 Å². The summed E-state index contributed by atoms with van der Waals surface area (Å²) in [4.78, 5) is 5.50. The maximum Gasteiger partial charge on any atom is 0.205 e. The van der Waals surface area contributed by atoms with Gasteiger partial charge in [-0.2, -0.15) is 4.34 Å². The minimum Gasteiger partial charge on any atom is -0.291 e. The molecule has 4 heterocycles. The van der Waals surface area contributed by atoms with Crippen LogP contribution in [-0.2, 0) is 0 Å². The molecule has 0 bridgehead atoms. The van der Waals surface area contributed by atoms with E-state index in [0.717, 1.165) is 22.6 Å². The van der Waals surface area contributed by atoms with Crippen molar-refractivity contribution >= 4 is 89.1 Å². The van der Waals surface area contributed by atoms with Crippen LogP contribution >= 0.6 is 19.0 Å². The maximum atomic E-state index is 5.50. The van der Waals surface area contributed by atoms with Crippen LogP contribution in [0, 0.1) is 0 Å². The second kappa shape index (κ2) is 8.87. The third-order valence-electron chi connectivity index (χ3n) is 8.41. The number of hydrogen-bond donors (Lipinski definition) is 0. The zero-order chi connectivity index (χ0) is 27.9. The van der Waals surface area contributed by atoms with Crippen LogP contribution in [0.1, 0.15) is 0 Å². The van der Waals surface area contributed by atoms with E-state index in [9.17, 15) is 0 Å². The Morgan fingerprint density at radius 2 is 1.24 bits per heavy atom. The van der Waals surface area contributed by atoms with Crippen molar-refractivity contribution in [3.05, 3.63) is 121 Å². The lowest BCUT2D eigenvalue weighted by atomic mass is 10.1. The molecule has 1 atom stereocenters. The Morgan fingerprint density at radius 3 is 2.00 bits per heavy atom. The molecule has 0 aliphatic heterocycles. The van der Waals surface area contributed by atoms with Crippen molar-refractivity contribution in [2.24, 2.45) is 0 Å². The summed E-state index contributed by atoms with van der Waals surface area (Å²) in [7, 11) is -0.694. The Labute approximate surface area is 247 Å². The van der Waals surface area contributed by atoms with E-state index < -0.39 is 7.70 Å². The molecule has 4 aromatic heterocycles. The van der Waals surface area contributed by atoms with Gasteiger partial charge in [-0.25, -0.2) is 4.98 Å². The molecule has 0 fully saturated rings. The number of nitrogens with zero attached hydrogens (tertiary/aromatic N) is 3. The molecule has 5 aromatic carbocycles. The number of aromatic nitrogens is 3. The largest absolute Gasteiger partial charge is 0.291 e. The molecular weight excluding hydrogens is 549 g/mol. The van der Waals surface area contributed by atoms with Gasteiger partial charge in [0.25, 0.3) is 0 Å². The lowest BCUT2D eigenvalue weighted by Gasteiger charge is -2.12. The quantitative estimate of drug-likeness (QED) is 0.193. The van der Waals surface area contributed by atoms with E-state index in [-0.39, 0.29) is 0 Å². The van der Waals surface area contributed by atoms with Crippen molar-refractivity contribution < 1.29 is 0 Å². The molecule has 0 saturated carbocycles. The fourth-order valence-corrected chi connectivity index (χ4v) is 8.97. The first-order valence-corrected chi connectivity index (χ1v) is 16.8. The molecule has 0 spiro atoms. The van der Waals surface area contributed by atoms with Gasteiger partial charge in [-0.1, -0.05) is 97.1 Å². The van der Waals surface area contributed by atoms with Gasteiger partial charge in [0.2, 0.25) is 7.70 Å². The second-order valence-electron chi connectivity index (χ2n) is 10.9. The zero-order valence-electron chi connectivity index (χ0n) is 23.0. The van der Waals surface area contributed by atoms with E-state index in [1.54, 1.807) is 0 Å². The Morgan fingerprint density at radius 1 is 0.619 bits per heavy atom. The van der Waals surface area contributed by atoms with Gasteiger partial charge in [0.15, 0.2) is 0 Å². The molecule has 9 rings (SSSR count). The SMILES string of the molecule is C=[P+](C)n1c2ccccc2c2ccc3c4ccccc4n(-c4cc5c(sc6ccccc65)c(-c5ccccc5)n4)c3c21. The number of thiophene rings is 1. The number of benzene rings is 5. The lowest BCUT2D eigenvalue weighted by molar-refractivity contribution is 1.10. The van der Waals surface area contributed by atoms with Gasteiger partial charge in [0.1, 0.15) is 18.0 Å². The molecule has 9 aromatic rings. The van der Waals surface area contributed by atoms with Gasteiger partial charge in [0, 0.05) is 42.6 Å². The topological polar surface area (TPSA) is 22.8 Å². The molecule has 0 aliphatic carbocycles. The summed E-state index contributed by atoms with van der Waals surface area (Å²) >= 11 is 1.83. The third kappa shape index (κ3) is 3.22. The standard InChI is InChI=1S/C37H25N3PS/c1-41(2)40-31-18-10-7-15-25(31)28-21-20-27-24-14-6-9-17-30(24)39(35(27)36(28)40)33-22-29-26-16-8-11-19-32(26)42-37(29)34(38-33)23-12-4-3-5-13-23/h3-22H,1H2,2H3/q+1. The average Bonchev–Trinajstić information content (AvgIpc) is 3.69. The smallest absolute Gasteiger partial charge is 0.205 e. The van der Waals surface area contributed by atoms with E-state index in [1.165, 1.54) is 58.3 Å². The summed E-state index contributed by atoms with van der Waals surface area (Å²) in [5.41, 5.74) is 6.97. The van der Waals surface area contributed by atoms with Crippen molar-refractivity contribution in [2.75, 3.05) is 6.66 Å². The Hall–Kier alpha value is -4.76. The van der Waals surface area contributed by atoms with E-state index >= 15 is 0 Å². The lowest BCUT2D eigenvalue weighted by Crippen LogP contribution is -2.00. The molecule has 0 aliphatic rings. The number of hydrogen-bond acceptors (Lipinski definition) is 2. The van der Waals surface area contributed by atoms with Gasteiger partial charge in [-0.15, -0.1) is 11.3 Å². The Balaban J connectivity index is 1.52. The number of para-hydroxylation sites is 2. The average molecular weight is 575 g/mol. The molecule has 0 amide bonds. The summed E-state index contributed by atoms with van der Waals surface area (Å²) < 4.78 is 7.37. The molecule has 3 nitrogen and oxygen atoms in total. The van der Waals surface area contributed by atoms with Crippen LogP contribution in [0.2, 0.25) is 0 Å². The highest BCUT2D eigenvalue weighted by atomic mass is 32.1.